The molecule has 2 heterocycles. The number of nitrogens with one attached hydrogen (secondary N) is 1. The second-order valence-electron chi connectivity index (χ2n) is 7.85. The standard InChI is InChI=1S/C23H24ClN5O2S2/c1-3-14-8-9-15-16(11-25)22(33-19(15)10-14)26-21(30)13-32-23-28-27-20(29(23)2)12-31-18-7-5-4-6-17(18)24/h4-7,14H,3,8-10,12-13H2,1-2H3,(H,26,30). The summed E-state index contributed by atoms with van der Waals surface area (Å²) >= 11 is 8.95. The van der Waals surface area contributed by atoms with Crippen LogP contribution in [0.5, 0.6) is 5.75 Å². The first kappa shape index (κ1) is 23.6. The maximum atomic E-state index is 12.6. The molecule has 1 N–H and O–H groups in total. The third-order valence-electron chi connectivity index (χ3n) is 5.76. The average molecular weight is 502 g/mol. The van der Waals surface area contributed by atoms with Gasteiger partial charge in [0.05, 0.1) is 16.3 Å². The summed E-state index contributed by atoms with van der Waals surface area (Å²) in [6, 6.07) is 9.54. The first-order chi connectivity index (χ1) is 16.0. The zero-order chi connectivity index (χ0) is 23.4. The summed E-state index contributed by atoms with van der Waals surface area (Å²) < 4.78 is 7.53. The van der Waals surface area contributed by atoms with Crippen LogP contribution in [0.4, 0.5) is 5.00 Å². The Morgan fingerprint density at radius 3 is 3.00 bits per heavy atom. The Hall–Kier alpha value is -2.54. The van der Waals surface area contributed by atoms with Crippen LogP contribution in [0.2, 0.25) is 5.02 Å². The number of carbonyl (C=O) groups excluding carboxylic acids is 1. The number of amides is 1. The van der Waals surface area contributed by atoms with Crippen molar-refractivity contribution in [1.29, 1.82) is 5.26 Å². The van der Waals surface area contributed by atoms with Gasteiger partial charge in [0.15, 0.2) is 11.0 Å². The molecule has 1 atom stereocenters. The van der Waals surface area contributed by atoms with Gasteiger partial charge in [-0.05, 0) is 42.9 Å². The maximum Gasteiger partial charge on any atom is 0.235 e. The van der Waals surface area contributed by atoms with Crippen molar-refractivity contribution in [2.24, 2.45) is 13.0 Å². The number of para-hydroxylation sites is 1. The summed E-state index contributed by atoms with van der Waals surface area (Å²) in [5.74, 6) is 1.87. The summed E-state index contributed by atoms with van der Waals surface area (Å²) in [6.07, 6.45) is 4.15. The molecule has 0 saturated carbocycles. The molecule has 172 valence electrons. The molecule has 1 aliphatic rings. The number of hydrogen-bond acceptors (Lipinski definition) is 7. The number of halogens is 1. The van der Waals surface area contributed by atoms with Gasteiger partial charge in [0, 0.05) is 11.9 Å². The fourth-order valence-corrected chi connectivity index (χ4v) is 6.05. The van der Waals surface area contributed by atoms with E-state index in [-0.39, 0.29) is 18.3 Å². The Morgan fingerprint density at radius 1 is 1.42 bits per heavy atom. The fraction of sp³-hybridized carbons (Fsp3) is 0.391. The van der Waals surface area contributed by atoms with E-state index in [0.717, 1.165) is 31.2 Å². The Labute approximate surface area is 206 Å². The molecule has 1 aromatic carbocycles. The molecule has 1 unspecified atom stereocenters. The minimum atomic E-state index is -0.168. The second-order valence-corrected chi connectivity index (χ2v) is 10.3. The van der Waals surface area contributed by atoms with Crippen LogP contribution in [-0.2, 0) is 31.3 Å². The van der Waals surface area contributed by atoms with Gasteiger partial charge in [-0.25, -0.2) is 0 Å². The maximum absolute atomic E-state index is 12.6. The number of aromatic nitrogens is 3. The first-order valence-electron chi connectivity index (χ1n) is 10.7. The van der Waals surface area contributed by atoms with E-state index in [1.807, 2.05) is 19.2 Å². The van der Waals surface area contributed by atoms with E-state index in [0.29, 0.717) is 38.2 Å². The lowest BCUT2D eigenvalue weighted by Gasteiger charge is -2.20. The largest absolute Gasteiger partial charge is 0.484 e. The lowest BCUT2D eigenvalue weighted by molar-refractivity contribution is -0.113. The third kappa shape index (κ3) is 5.35. The van der Waals surface area contributed by atoms with E-state index in [2.05, 4.69) is 28.5 Å². The summed E-state index contributed by atoms with van der Waals surface area (Å²) in [4.78, 5) is 13.9. The monoisotopic (exact) mass is 501 g/mol. The van der Waals surface area contributed by atoms with Crippen molar-refractivity contribution < 1.29 is 9.53 Å². The first-order valence-corrected chi connectivity index (χ1v) is 12.9. The minimum Gasteiger partial charge on any atom is -0.484 e. The highest BCUT2D eigenvalue weighted by molar-refractivity contribution is 7.99. The van der Waals surface area contributed by atoms with Crippen LogP contribution < -0.4 is 10.1 Å². The zero-order valence-corrected chi connectivity index (χ0v) is 20.8. The smallest absolute Gasteiger partial charge is 0.235 e. The van der Waals surface area contributed by atoms with Gasteiger partial charge >= 0.3 is 0 Å². The molecule has 7 nitrogen and oxygen atoms in total. The van der Waals surface area contributed by atoms with Gasteiger partial charge in [-0.1, -0.05) is 48.8 Å². The molecule has 0 saturated heterocycles. The summed E-state index contributed by atoms with van der Waals surface area (Å²) in [5.41, 5.74) is 1.74. The molecule has 1 amide bonds. The van der Waals surface area contributed by atoms with Crippen LogP contribution in [-0.4, -0.2) is 26.4 Å². The van der Waals surface area contributed by atoms with Crippen LogP contribution in [0.1, 0.15) is 41.6 Å². The Morgan fingerprint density at radius 2 is 2.24 bits per heavy atom. The van der Waals surface area contributed by atoms with E-state index >= 15 is 0 Å². The van der Waals surface area contributed by atoms with Crippen LogP contribution >= 0.6 is 34.7 Å². The Bertz CT molecular complexity index is 1200. The van der Waals surface area contributed by atoms with Crippen molar-refractivity contribution in [2.45, 2.75) is 44.4 Å². The highest BCUT2D eigenvalue weighted by Gasteiger charge is 2.26. The van der Waals surface area contributed by atoms with E-state index in [9.17, 15) is 10.1 Å². The highest BCUT2D eigenvalue weighted by Crippen LogP contribution is 2.40. The summed E-state index contributed by atoms with van der Waals surface area (Å²) in [7, 11) is 1.83. The molecule has 4 rings (SSSR count). The number of nitrogens with zero attached hydrogens (tertiary/aromatic N) is 4. The molecule has 0 radical (unpaired) electrons. The van der Waals surface area contributed by atoms with E-state index in [4.69, 9.17) is 16.3 Å². The molecule has 2 aromatic heterocycles. The Kier molecular flexibility index (Phi) is 7.58. The quantitative estimate of drug-likeness (QED) is 0.425. The van der Waals surface area contributed by atoms with Crippen LogP contribution in [0.15, 0.2) is 29.4 Å². The van der Waals surface area contributed by atoms with Crippen molar-refractivity contribution in [1.82, 2.24) is 14.8 Å². The van der Waals surface area contributed by atoms with Crippen molar-refractivity contribution in [3.63, 3.8) is 0 Å². The number of hydrogen-bond donors (Lipinski definition) is 1. The topological polar surface area (TPSA) is 92.8 Å². The number of thioether (sulfide) groups is 1. The van der Waals surface area contributed by atoms with Gasteiger partial charge < -0.3 is 14.6 Å². The molecular weight excluding hydrogens is 478 g/mol. The molecule has 1 aliphatic carbocycles. The van der Waals surface area contributed by atoms with E-state index in [1.54, 1.807) is 28.0 Å². The number of thiophene rings is 1. The molecule has 0 aliphatic heterocycles. The Balaban J connectivity index is 1.35. The number of rotatable bonds is 8. The van der Waals surface area contributed by atoms with Gasteiger partial charge in [0.2, 0.25) is 5.91 Å². The molecule has 0 bridgehead atoms. The lowest BCUT2D eigenvalue weighted by Crippen LogP contribution is -2.15. The second kappa shape index (κ2) is 10.6. The molecule has 0 fully saturated rings. The predicted octanol–water partition coefficient (Wildman–Crippen LogP) is 5.23. The zero-order valence-electron chi connectivity index (χ0n) is 18.4. The van der Waals surface area contributed by atoms with Crippen molar-refractivity contribution in [3.8, 4) is 11.8 Å². The fourth-order valence-electron chi connectivity index (χ4n) is 3.80. The molecule has 33 heavy (non-hydrogen) atoms. The molecule has 3 aromatic rings. The number of anilines is 1. The van der Waals surface area contributed by atoms with Gasteiger partial charge in [0.1, 0.15) is 23.4 Å². The minimum absolute atomic E-state index is 0.168. The van der Waals surface area contributed by atoms with Crippen molar-refractivity contribution in [2.75, 3.05) is 11.1 Å². The summed E-state index contributed by atoms with van der Waals surface area (Å²) in [6.45, 7) is 2.42. The number of ether oxygens (including phenoxy) is 1. The SMILES string of the molecule is CCC1CCc2c(sc(NC(=O)CSc3nnc(COc4ccccc4Cl)n3C)c2C#N)C1. The third-order valence-corrected chi connectivity index (χ3v) is 8.26. The number of benzene rings is 1. The van der Waals surface area contributed by atoms with Gasteiger partial charge in [-0.2, -0.15) is 5.26 Å². The predicted molar refractivity (Wildman–Crippen MR) is 131 cm³/mol. The van der Waals surface area contributed by atoms with Crippen LogP contribution in [0.3, 0.4) is 0 Å². The molecule has 0 spiro atoms. The van der Waals surface area contributed by atoms with Crippen LogP contribution in [0, 0.1) is 17.2 Å². The van der Waals surface area contributed by atoms with E-state index < -0.39 is 0 Å². The summed E-state index contributed by atoms with van der Waals surface area (Å²) in [5, 5.41) is 22.7. The van der Waals surface area contributed by atoms with Gasteiger partial charge in [0.25, 0.3) is 0 Å². The van der Waals surface area contributed by atoms with Crippen LogP contribution in [0.25, 0.3) is 0 Å². The van der Waals surface area contributed by atoms with Gasteiger partial charge in [-0.15, -0.1) is 21.5 Å². The van der Waals surface area contributed by atoms with Crippen molar-refractivity contribution >= 4 is 45.6 Å². The molecule has 10 heteroatoms. The number of nitriles is 1. The lowest BCUT2D eigenvalue weighted by atomic mass is 9.86. The highest BCUT2D eigenvalue weighted by atomic mass is 35.5. The normalized spacial score (nSPS) is 15.0. The number of carbonyl (C=O) groups is 1. The average Bonchev–Trinajstić information content (AvgIpc) is 3.35. The van der Waals surface area contributed by atoms with Gasteiger partial charge in [-0.3, -0.25) is 4.79 Å². The van der Waals surface area contributed by atoms with E-state index in [1.165, 1.54) is 16.6 Å². The van der Waals surface area contributed by atoms with Crippen molar-refractivity contribution in [3.05, 3.63) is 51.1 Å². The number of fused-ring (bicyclic) bond motifs is 1. The molecular formula is C23H24ClN5O2S2.